The van der Waals surface area contributed by atoms with Crippen molar-refractivity contribution in [2.24, 2.45) is 0 Å². The largest absolute Gasteiger partial charge is 0.469 e. The topological polar surface area (TPSA) is 118 Å². The Balaban J connectivity index is 2.01. The van der Waals surface area contributed by atoms with Crippen molar-refractivity contribution in [1.82, 2.24) is 4.57 Å². The van der Waals surface area contributed by atoms with E-state index in [2.05, 4.69) is 4.74 Å². The van der Waals surface area contributed by atoms with E-state index < -0.39 is 17.5 Å². The fraction of sp³-hybridized carbons (Fsp3) is 0.350. The molecule has 0 bridgehead atoms. The Labute approximate surface area is 167 Å². The van der Waals surface area contributed by atoms with Crippen LogP contribution in [0.25, 0.3) is 0 Å². The van der Waals surface area contributed by atoms with Crippen LogP contribution >= 0.6 is 0 Å². The summed E-state index contributed by atoms with van der Waals surface area (Å²) in [6, 6.07) is 6.82. The predicted molar refractivity (Wildman–Crippen MR) is 103 cm³/mol. The number of carbonyl (C=O) groups excluding carboxylic acids is 3. The van der Waals surface area contributed by atoms with Gasteiger partial charge >= 0.3 is 11.9 Å². The molecule has 154 valence electrons. The molecule has 1 heterocycles. The summed E-state index contributed by atoms with van der Waals surface area (Å²) in [4.78, 5) is 46.0. The molecule has 0 atom stereocenters. The van der Waals surface area contributed by atoms with E-state index in [0.717, 1.165) is 11.8 Å². The molecule has 0 saturated carbocycles. The summed E-state index contributed by atoms with van der Waals surface area (Å²) in [5.41, 5.74) is 1.75. The molecule has 0 saturated heterocycles. The van der Waals surface area contributed by atoms with Gasteiger partial charge in [0.2, 0.25) is 5.78 Å². The number of benzene rings is 1. The number of ether oxygens (including phenoxy) is 2. The van der Waals surface area contributed by atoms with Crippen LogP contribution in [0.5, 0.6) is 0 Å². The zero-order valence-electron chi connectivity index (χ0n) is 16.5. The first-order valence-corrected chi connectivity index (χ1v) is 8.93. The van der Waals surface area contributed by atoms with E-state index >= 15 is 0 Å². The second-order valence-electron chi connectivity index (χ2n) is 6.42. The van der Waals surface area contributed by atoms with E-state index in [1.807, 2.05) is 11.5 Å². The highest BCUT2D eigenvalue weighted by Crippen LogP contribution is 2.18. The lowest BCUT2D eigenvalue weighted by Crippen LogP contribution is -2.15. The molecule has 0 aliphatic rings. The minimum Gasteiger partial charge on any atom is -0.469 e. The standard InChI is InChI=1S/C20H22N2O7/c1-13-10-17(14(2)21(13)9-5-8-19(24)28-3)18(23)12-29-20(25)15-6-4-7-16(11-15)22(26)27/h4,6-7,10-11H,5,8-9,12H2,1-3H3. The van der Waals surface area contributed by atoms with Crippen molar-refractivity contribution < 1.29 is 28.8 Å². The Kier molecular flexibility index (Phi) is 7.24. The fourth-order valence-electron chi connectivity index (χ4n) is 2.95. The summed E-state index contributed by atoms with van der Waals surface area (Å²) in [5, 5.41) is 10.8. The SMILES string of the molecule is COC(=O)CCCn1c(C)cc(C(=O)COC(=O)c2cccc([N+](=O)[O-])c2)c1C. The first-order valence-electron chi connectivity index (χ1n) is 8.93. The highest BCUT2D eigenvalue weighted by Gasteiger charge is 2.19. The highest BCUT2D eigenvalue weighted by molar-refractivity contribution is 6.00. The van der Waals surface area contributed by atoms with E-state index in [-0.39, 0.29) is 29.4 Å². The van der Waals surface area contributed by atoms with Gasteiger partial charge in [0.1, 0.15) is 0 Å². The molecule has 9 heteroatoms. The maximum Gasteiger partial charge on any atom is 0.338 e. The normalized spacial score (nSPS) is 10.4. The molecule has 0 amide bonds. The second kappa shape index (κ2) is 9.63. The molecular weight excluding hydrogens is 380 g/mol. The molecule has 29 heavy (non-hydrogen) atoms. The summed E-state index contributed by atoms with van der Waals surface area (Å²) in [7, 11) is 1.33. The molecule has 0 fully saturated rings. The molecule has 2 aromatic rings. The third kappa shape index (κ3) is 5.50. The van der Waals surface area contributed by atoms with Crippen molar-refractivity contribution in [3.05, 3.63) is 63.0 Å². The van der Waals surface area contributed by atoms with Crippen molar-refractivity contribution in [3.63, 3.8) is 0 Å². The average molecular weight is 402 g/mol. The lowest BCUT2D eigenvalue weighted by molar-refractivity contribution is -0.384. The average Bonchev–Trinajstić information content (AvgIpc) is 2.99. The molecule has 1 aromatic heterocycles. The summed E-state index contributed by atoms with van der Waals surface area (Å²) in [6.45, 7) is 3.69. The summed E-state index contributed by atoms with van der Waals surface area (Å²) in [6.07, 6.45) is 0.843. The van der Waals surface area contributed by atoms with Gasteiger partial charge in [-0.1, -0.05) is 6.07 Å². The van der Waals surface area contributed by atoms with Crippen LogP contribution in [-0.2, 0) is 20.8 Å². The van der Waals surface area contributed by atoms with Crippen LogP contribution in [0.1, 0.15) is 44.9 Å². The number of aromatic nitrogens is 1. The molecule has 0 radical (unpaired) electrons. The summed E-state index contributed by atoms with van der Waals surface area (Å²) >= 11 is 0. The molecule has 0 unspecified atom stereocenters. The lowest BCUT2D eigenvalue weighted by Gasteiger charge is -2.09. The van der Waals surface area contributed by atoms with Crippen molar-refractivity contribution in [2.75, 3.05) is 13.7 Å². The molecule has 1 aromatic carbocycles. The number of Topliss-reactive ketones (excluding diaryl/α,β-unsaturated/α-hetero) is 1. The number of non-ortho nitro benzene ring substituents is 1. The first kappa shape index (κ1) is 21.8. The zero-order valence-corrected chi connectivity index (χ0v) is 16.5. The van der Waals surface area contributed by atoms with E-state index in [4.69, 9.17) is 4.74 Å². The van der Waals surface area contributed by atoms with E-state index in [1.165, 1.54) is 25.3 Å². The van der Waals surface area contributed by atoms with E-state index in [9.17, 15) is 24.5 Å². The first-order chi connectivity index (χ1) is 13.7. The number of carbonyl (C=O) groups is 3. The van der Waals surface area contributed by atoms with Crippen molar-refractivity contribution in [3.8, 4) is 0 Å². The van der Waals surface area contributed by atoms with Gasteiger partial charge in [-0.3, -0.25) is 19.7 Å². The monoisotopic (exact) mass is 402 g/mol. The Morgan fingerprint density at radius 1 is 1.17 bits per heavy atom. The quantitative estimate of drug-likeness (QED) is 0.274. The van der Waals surface area contributed by atoms with Gasteiger partial charge in [-0.15, -0.1) is 0 Å². The number of nitro groups is 1. The van der Waals surface area contributed by atoms with Gasteiger partial charge in [0, 0.05) is 42.0 Å². The molecule has 9 nitrogen and oxygen atoms in total. The fourth-order valence-corrected chi connectivity index (χ4v) is 2.95. The second-order valence-corrected chi connectivity index (χ2v) is 6.42. The van der Waals surface area contributed by atoms with Crippen LogP contribution in [0.3, 0.4) is 0 Å². The van der Waals surface area contributed by atoms with Gasteiger partial charge in [0.05, 0.1) is 17.6 Å². The molecule has 2 rings (SSSR count). The Morgan fingerprint density at radius 3 is 2.55 bits per heavy atom. The Hall–Kier alpha value is -3.49. The number of hydrogen-bond donors (Lipinski definition) is 0. The lowest BCUT2D eigenvalue weighted by atomic mass is 10.1. The van der Waals surface area contributed by atoms with Crippen molar-refractivity contribution in [2.45, 2.75) is 33.2 Å². The molecule has 0 aliphatic carbocycles. The number of ketones is 1. The van der Waals surface area contributed by atoms with Gasteiger partial charge < -0.3 is 14.0 Å². The van der Waals surface area contributed by atoms with Crippen LogP contribution in [0.2, 0.25) is 0 Å². The van der Waals surface area contributed by atoms with Gasteiger partial charge in [-0.2, -0.15) is 0 Å². The summed E-state index contributed by atoms with van der Waals surface area (Å²) in [5.74, 6) is -1.48. The van der Waals surface area contributed by atoms with Crippen LogP contribution in [0.15, 0.2) is 30.3 Å². The number of hydrogen-bond acceptors (Lipinski definition) is 7. The minimum atomic E-state index is -0.811. The van der Waals surface area contributed by atoms with Gasteiger partial charge in [0.15, 0.2) is 6.61 Å². The van der Waals surface area contributed by atoms with Crippen molar-refractivity contribution >= 4 is 23.4 Å². The molecule has 0 N–H and O–H groups in total. The smallest absolute Gasteiger partial charge is 0.338 e. The molecule has 0 spiro atoms. The summed E-state index contributed by atoms with van der Waals surface area (Å²) < 4.78 is 11.6. The van der Waals surface area contributed by atoms with Gasteiger partial charge in [-0.05, 0) is 32.4 Å². The number of rotatable bonds is 9. The zero-order chi connectivity index (χ0) is 21.6. The Bertz CT molecular complexity index is 946. The van der Waals surface area contributed by atoms with Crippen LogP contribution in [0, 0.1) is 24.0 Å². The number of esters is 2. The van der Waals surface area contributed by atoms with Crippen LogP contribution in [0.4, 0.5) is 5.69 Å². The highest BCUT2D eigenvalue weighted by atomic mass is 16.6. The third-order valence-electron chi connectivity index (χ3n) is 4.49. The number of methoxy groups -OCH3 is 1. The predicted octanol–water partition coefficient (Wildman–Crippen LogP) is 3.01. The van der Waals surface area contributed by atoms with E-state index in [0.29, 0.717) is 24.2 Å². The van der Waals surface area contributed by atoms with Crippen molar-refractivity contribution in [1.29, 1.82) is 0 Å². The number of aryl methyl sites for hydroxylation is 1. The van der Waals surface area contributed by atoms with Gasteiger partial charge in [0.25, 0.3) is 5.69 Å². The maximum absolute atomic E-state index is 12.5. The van der Waals surface area contributed by atoms with E-state index in [1.54, 1.807) is 13.0 Å². The number of nitro benzene ring substituents is 1. The maximum atomic E-state index is 12.5. The Morgan fingerprint density at radius 2 is 1.90 bits per heavy atom. The number of nitrogens with zero attached hydrogens (tertiary/aromatic N) is 2. The van der Waals surface area contributed by atoms with Crippen LogP contribution < -0.4 is 0 Å². The minimum absolute atomic E-state index is 0.000262. The van der Waals surface area contributed by atoms with Crippen LogP contribution in [-0.4, -0.2) is 40.9 Å². The van der Waals surface area contributed by atoms with Gasteiger partial charge in [-0.25, -0.2) is 4.79 Å². The third-order valence-corrected chi connectivity index (χ3v) is 4.49. The molecular formula is C20H22N2O7. The molecule has 0 aliphatic heterocycles.